The van der Waals surface area contributed by atoms with Crippen LogP contribution in [0.2, 0.25) is 0 Å². The molecule has 4 nitrogen and oxygen atoms in total. The monoisotopic (exact) mass is 317 g/mol. The van der Waals surface area contributed by atoms with Gasteiger partial charge in [-0.05, 0) is 68.2 Å². The summed E-state index contributed by atoms with van der Waals surface area (Å²) in [6, 6.07) is 5.94. The Morgan fingerprint density at radius 2 is 2.09 bits per heavy atom. The standard InChI is InChI=1S/C19H27NO3/c1-3-20(19(22)23-4-2)18-11-13-9-10-14(21)12-17(13)15-7-5-6-8-16(15)18/h9-10,12,15-16,18,21H,3-8,11H2,1-2H3/t15?,16-,18-/m0/s1. The molecule has 0 heterocycles. The maximum Gasteiger partial charge on any atom is 0.410 e. The second kappa shape index (κ2) is 6.81. The summed E-state index contributed by atoms with van der Waals surface area (Å²) in [6.45, 7) is 4.98. The lowest BCUT2D eigenvalue weighted by molar-refractivity contribution is 0.0610. The highest BCUT2D eigenvalue weighted by atomic mass is 16.6. The predicted octanol–water partition coefficient (Wildman–Crippen LogP) is 4.07. The van der Waals surface area contributed by atoms with Crippen molar-refractivity contribution in [3.05, 3.63) is 29.3 Å². The first-order valence-corrected chi connectivity index (χ1v) is 8.90. The highest BCUT2D eigenvalue weighted by Crippen LogP contribution is 2.47. The number of phenols is 1. The van der Waals surface area contributed by atoms with E-state index in [0.29, 0.717) is 30.7 Å². The van der Waals surface area contributed by atoms with Gasteiger partial charge in [-0.2, -0.15) is 0 Å². The number of amides is 1. The van der Waals surface area contributed by atoms with Gasteiger partial charge in [0, 0.05) is 12.6 Å². The second-order valence-corrected chi connectivity index (χ2v) is 6.69. The molecule has 23 heavy (non-hydrogen) atoms. The molecular formula is C19H27NO3. The number of hydrogen-bond acceptors (Lipinski definition) is 3. The van der Waals surface area contributed by atoms with Crippen LogP contribution in [-0.2, 0) is 11.2 Å². The van der Waals surface area contributed by atoms with Crippen molar-refractivity contribution in [1.82, 2.24) is 4.90 Å². The van der Waals surface area contributed by atoms with Crippen LogP contribution in [0, 0.1) is 5.92 Å². The minimum Gasteiger partial charge on any atom is -0.508 e. The smallest absolute Gasteiger partial charge is 0.410 e. The topological polar surface area (TPSA) is 49.8 Å². The third kappa shape index (κ3) is 3.04. The minimum atomic E-state index is -0.188. The highest BCUT2D eigenvalue weighted by Gasteiger charge is 2.42. The van der Waals surface area contributed by atoms with Crippen molar-refractivity contribution in [1.29, 1.82) is 0 Å². The summed E-state index contributed by atoms with van der Waals surface area (Å²) in [5, 5.41) is 9.87. The van der Waals surface area contributed by atoms with E-state index in [1.807, 2.05) is 30.9 Å². The highest BCUT2D eigenvalue weighted by molar-refractivity contribution is 5.68. The molecule has 2 aliphatic carbocycles. The number of phenolic OH excluding ortho intramolecular Hbond substituents is 1. The van der Waals surface area contributed by atoms with Crippen molar-refractivity contribution in [2.45, 2.75) is 57.9 Å². The van der Waals surface area contributed by atoms with Crippen LogP contribution >= 0.6 is 0 Å². The first-order chi connectivity index (χ1) is 11.2. The minimum absolute atomic E-state index is 0.188. The molecule has 0 radical (unpaired) electrons. The van der Waals surface area contributed by atoms with Gasteiger partial charge in [-0.15, -0.1) is 0 Å². The Labute approximate surface area is 138 Å². The maximum absolute atomic E-state index is 12.4. The average molecular weight is 317 g/mol. The molecule has 1 saturated carbocycles. The summed E-state index contributed by atoms with van der Waals surface area (Å²) in [5.74, 6) is 1.28. The Morgan fingerprint density at radius 3 is 2.83 bits per heavy atom. The van der Waals surface area contributed by atoms with Gasteiger partial charge in [0.05, 0.1) is 6.61 Å². The van der Waals surface area contributed by atoms with Crippen LogP contribution in [0.5, 0.6) is 5.75 Å². The summed E-state index contributed by atoms with van der Waals surface area (Å²) < 4.78 is 5.28. The fourth-order valence-corrected chi connectivity index (χ4v) is 4.54. The van der Waals surface area contributed by atoms with Crippen molar-refractivity contribution < 1.29 is 14.6 Å². The van der Waals surface area contributed by atoms with Crippen LogP contribution in [0.3, 0.4) is 0 Å². The third-order valence-corrected chi connectivity index (χ3v) is 5.51. The summed E-state index contributed by atoms with van der Waals surface area (Å²) in [5.41, 5.74) is 2.57. The van der Waals surface area contributed by atoms with Crippen LogP contribution in [0.25, 0.3) is 0 Å². The molecule has 126 valence electrons. The van der Waals surface area contributed by atoms with E-state index in [-0.39, 0.29) is 12.1 Å². The molecule has 1 aromatic rings. The summed E-state index contributed by atoms with van der Waals surface area (Å²) in [6.07, 6.45) is 5.44. The van der Waals surface area contributed by atoms with Gasteiger partial charge < -0.3 is 14.7 Å². The van der Waals surface area contributed by atoms with E-state index in [1.54, 1.807) is 6.07 Å². The van der Waals surface area contributed by atoms with E-state index in [9.17, 15) is 9.90 Å². The number of fused-ring (bicyclic) bond motifs is 3. The fraction of sp³-hybridized carbons (Fsp3) is 0.632. The van der Waals surface area contributed by atoms with Crippen LogP contribution in [0.1, 0.15) is 56.6 Å². The predicted molar refractivity (Wildman–Crippen MR) is 89.7 cm³/mol. The van der Waals surface area contributed by atoms with Crippen LogP contribution in [-0.4, -0.2) is 35.3 Å². The van der Waals surface area contributed by atoms with Gasteiger partial charge in [0.1, 0.15) is 5.75 Å². The summed E-state index contributed by atoms with van der Waals surface area (Å²) in [7, 11) is 0. The van der Waals surface area contributed by atoms with E-state index < -0.39 is 0 Å². The molecular weight excluding hydrogens is 290 g/mol. The maximum atomic E-state index is 12.4. The lowest BCUT2D eigenvalue weighted by Crippen LogP contribution is -2.50. The van der Waals surface area contributed by atoms with Gasteiger partial charge in [-0.25, -0.2) is 4.79 Å². The van der Waals surface area contributed by atoms with Crippen LogP contribution in [0.4, 0.5) is 4.79 Å². The van der Waals surface area contributed by atoms with Gasteiger partial charge in [0.15, 0.2) is 0 Å². The first kappa shape index (κ1) is 16.2. The first-order valence-electron chi connectivity index (χ1n) is 8.90. The Balaban J connectivity index is 1.95. The van der Waals surface area contributed by atoms with E-state index in [2.05, 4.69) is 0 Å². The summed E-state index contributed by atoms with van der Waals surface area (Å²) in [4.78, 5) is 14.3. The zero-order chi connectivity index (χ0) is 16.4. The molecule has 0 aromatic heterocycles. The van der Waals surface area contributed by atoms with Gasteiger partial charge in [0.25, 0.3) is 0 Å². The van der Waals surface area contributed by atoms with Crippen molar-refractivity contribution in [2.24, 2.45) is 5.92 Å². The Kier molecular flexibility index (Phi) is 4.79. The molecule has 1 N–H and O–H groups in total. The molecule has 1 amide bonds. The van der Waals surface area contributed by atoms with Gasteiger partial charge >= 0.3 is 6.09 Å². The van der Waals surface area contributed by atoms with Crippen molar-refractivity contribution >= 4 is 6.09 Å². The number of hydrogen-bond donors (Lipinski definition) is 1. The van der Waals surface area contributed by atoms with E-state index in [1.165, 1.54) is 24.0 Å². The van der Waals surface area contributed by atoms with Crippen LogP contribution < -0.4 is 0 Å². The normalized spacial score (nSPS) is 26.1. The number of likely N-dealkylation sites (N-methyl/N-ethyl adjacent to an activating group) is 1. The molecule has 1 aromatic carbocycles. The summed E-state index contributed by atoms with van der Waals surface area (Å²) >= 11 is 0. The van der Waals surface area contributed by atoms with Crippen LogP contribution in [0.15, 0.2) is 18.2 Å². The number of benzene rings is 1. The lowest BCUT2D eigenvalue weighted by Gasteiger charge is -2.46. The molecule has 0 aliphatic heterocycles. The number of carbonyl (C=O) groups is 1. The number of nitrogens with zero attached hydrogens (tertiary/aromatic N) is 1. The van der Waals surface area contributed by atoms with Gasteiger partial charge in [-0.1, -0.05) is 18.9 Å². The zero-order valence-corrected chi connectivity index (χ0v) is 14.1. The van der Waals surface area contributed by atoms with Gasteiger partial charge in [0.2, 0.25) is 0 Å². The average Bonchev–Trinajstić information content (AvgIpc) is 2.56. The molecule has 0 spiro atoms. The molecule has 1 unspecified atom stereocenters. The molecule has 4 heteroatoms. The van der Waals surface area contributed by atoms with Crippen molar-refractivity contribution in [3.8, 4) is 5.75 Å². The third-order valence-electron chi connectivity index (χ3n) is 5.51. The largest absolute Gasteiger partial charge is 0.508 e. The molecule has 3 rings (SSSR count). The Bertz CT molecular complexity index is 572. The molecule has 2 aliphatic rings. The van der Waals surface area contributed by atoms with E-state index in [4.69, 9.17) is 4.74 Å². The van der Waals surface area contributed by atoms with E-state index >= 15 is 0 Å². The Hall–Kier alpha value is -1.71. The van der Waals surface area contributed by atoms with E-state index in [0.717, 1.165) is 19.3 Å². The molecule has 0 saturated heterocycles. The Morgan fingerprint density at radius 1 is 1.30 bits per heavy atom. The number of ether oxygens (including phenoxy) is 1. The lowest BCUT2D eigenvalue weighted by atomic mass is 9.65. The zero-order valence-electron chi connectivity index (χ0n) is 14.1. The molecule has 1 fully saturated rings. The molecule has 3 atom stereocenters. The number of aromatic hydroxyl groups is 1. The SMILES string of the molecule is CCOC(=O)N(CC)[C@H]1Cc2ccc(O)cc2C2CCCC[C@@H]21. The fourth-order valence-electron chi connectivity index (χ4n) is 4.54. The quantitative estimate of drug-likeness (QED) is 0.914. The van der Waals surface area contributed by atoms with Crippen molar-refractivity contribution in [3.63, 3.8) is 0 Å². The van der Waals surface area contributed by atoms with Gasteiger partial charge in [-0.3, -0.25) is 0 Å². The molecule has 0 bridgehead atoms. The number of rotatable bonds is 3. The van der Waals surface area contributed by atoms with Crippen molar-refractivity contribution in [2.75, 3.05) is 13.2 Å². The number of carbonyl (C=O) groups excluding carboxylic acids is 1. The second-order valence-electron chi connectivity index (χ2n) is 6.69.